The van der Waals surface area contributed by atoms with E-state index >= 15 is 0 Å². The second kappa shape index (κ2) is 7.51. The Kier molecular flexibility index (Phi) is 4.57. The van der Waals surface area contributed by atoms with Crippen LogP contribution < -0.4 is 0 Å². The standard InChI is InChI=1S/C27H23NO5/c29-22(17-8-6-16(7-9-17)15-4-2-1-3-5-15)14-33-23(30)13-28-26(31)24-18-10-11-19(21-12-20(18)21)25(24)27(28)32/h1-11,18-21,24-25H,12-14H2/t18-,19-,20-,21-,24-,25+/m1/s1. The van der Waals surface area contributed by atoms with E-state index in [1.807, 2.05) is 42.5 Å². The van der Waals surface area contributed by atoms with E-state index in [9.17, 15) is 19.2 Å². The van der Waals surface area contributed by atoms with E-state index in [2.05, 4.69) is 12.2 Å². The average molecular weight is 441 g/mol. The van der Waals surface area contributed by atoms with E-state index in [0.717, 1.165) is 22.4 Å². The zero-order valence-corrected chi connectivity index (χ0v) is 17.9. The maximum Gasteiger partial charge on any atom is 0.326 e. The fraction of sp³-hybridized carbons (Fsp3) is 0.333. The topological polar surface area (TPSA) is 80.8 Å². The Bertz CT molecular complexity index is 1150. The largest absolute Gasteiger partial charge is 0.456 e. The monoisotopic (exact) mass is 441 g/mol. The van der Waals surface area contributed by atoms with Crippen molar-refractivity contribution in [3.8, 4) is 11.1 Å². The van der Waals surface area contributed by atoms with Crippen molar-refractivity contribution in [3.63, 3.8) is 0 Å². The molecule has 166 valence electrons. The molecule has 3 fully saturated rings. The van der Waals surface area contributed by atoms with E-state index in [1.54, 1.807) is 12.1 Å². The van der Waals surface area contributed by atoms with Crippen LogP contribution in [0.25, 0.3) is 11.1 Å². The maximum atomic E-state index is 12.9. The Hall–Kier alpha value is -3.54. The first-order chi connectivity index (χ1) is 16.0. The highest BCUT2D eigenvalue weighted by atomic mass is 16.5. The fourth-order valence-corrected chi connectivity index (χ4v) is 6.06. The number of carbonyl (C=O) groups is 4. The summed E-state index contributed by atoms with van der Waals surface area (Å²) in [5.41, 5.74) is 2.46. The van der Waals surface area contributed by atoms with E-state index in [4.69, 9.17) is 4.74 Å². The Labute approximate surface area is 191 Å². The van der Waals surface area contributed by atoms with Gasteiger partial charge in [-0.05, 0) is 41.2 Å². The second-order valence-electron chi connectivity index (χ2n) is 9.44. The average Bonchev–Trinajstić information content (AvgIpc) is 3.64. The Balaban J connectivity index is 1.06. The van der Waals surface area contributed by atoms with Crippen LogP contribution in [0.1, 0.15) is 16.8 Å². The molecule has 2 saturated carbocycles. The van der Waals surface area contributed by atoms with Crippen molar-refractivity contribution in [1.82, 2.24) is 4.90 Å². The number of nitrogens with zero attached hydrogens (tertiary/aromatic N) is 1. The number of hydrogen-bond acceptors (Lipinski definition) is 5. The van der Waals surface area contributed by atoms with Crippen LogP contribution >= 0.6 is 0 Å². The molecule has 6 nitrogen and oxygen atoms in total. The zero-order chi connectivity index (χ0) is 22.7. The molecule has 5 aliphatic rings. The third-order valence-corrected chi connectivity index (χ3v) is 7.72. The van der Waals surface area contributed by atoms with Crippen molar-refractivity contribution in [3.05, 3.63) is 72.3 Å². The van der Waals surface area contributed by atoms with Crippen molar-refractivity contribution in [2.45, 2.75) is 6.42 Å². The molecule has 0 unspecified atom stereocenters. The molecule has 0 radical (unpaired) electrons. The van der Waals surface area contributed by atoms with E-state index in [0.29, 0.717) is 17.4 Å². The molecule has 2 amide bonds. The van der Waals surface area contributed by atoms with Crippen LogP contribution in [-0.4, -0.2) is 41.6 Å². The lowest BCUT2D eigenvalue weighted by Crippen LogP contribution is -2.40. The molecule has 2 aromatic carbocycles. The van der Waals surface area contributed by atoms with Crippen molar-refractivity contribution in [2.75, 3.05) is 13.2 Å². The first-order valence-electron chi connectivity index (χ1n) is 11.4. The molecule has 0 aromatic heterocycles. The van der Waals surface area contributed by atoms with Gasteiger partial charge in [0, 0.05) is 5.56 Å². The lowest BCUT2D eigenvalue weighted by molar-refractivity contribution is -0.152. The summed E-state index contributed by atoms with van der Waals surface area (Å²) < 4.78 is 5.13. The third kappa shape index (κ3) is 3.24. The summed E-state index contributed by atoms with van der Waals surface area (Å²) in [6, 6.07) is 16.9. The number of Topliss-reactive ketones (excluding diaryl/α,β-unsaturated/α-hetero) is 1. The van der Waals surface area contributed by atoms with Gasteiger partial charge < -0.3 is 4.74 Å². The van der Waals surface area contributed by atoms with Crippen molar-refractivity contribution < 1.29 is 23.9 Å². The Morgan fingerprint density at radius 1 is 0.818 bits per heavy atom. The molecule has 6 heteroatoms. The minimum Gasteiger partial charge on any atom is -0.456 e. The predicted octanol–water partition coefficient (Wildman–Crippen LogP) is 3.13. The minimum absolute atomic E-state index is 0.114. The van der Waals surface area contributed by atoms with Gasteiger partial charge in [-0.15, -0.1) is 0 Å². The van der Waals surface area contributed by atoms with Crippen LogP contribution in [0.3, 0.4) is 0 Å². The summed E-state index contributed by atoms with van der Waals surface area (Å²) in [6.45, 7) is -0.858. The van der Waals surface area contributed by atoms with Crippen LogP contribution in [0.15, 0.2) is 66.7 Å². The van der Waals surface area contributed by atoms with Gasteiger partial charge in [-0.25, -0.2) is 0 Å². The SMILES string of the molecule is O=C(CN1C(=O)[C@@H]2[C@@H]3C=C[C@H]([C@H]4C[C@H]34)[C@@H]2C1=O)OCC(=O)c1ccc(-c2ccccc2)cc1. The van der Waals surface area contributed by atoms with Gasteiger partial charge in [0.2, 0.25) is 11.8 Å². The molecule has 1 heterocycles. The van der Waals surface area contributed by atoms with Gasteiger partial charge in [-0.1, -0.05) is 66.7 Å². The number of allylic oxidation sites excluding steroid dienone is 2. The van der Waals surface area contributed by atoms with Gasteiger partial charge in [0.05, 0.1) is 11.8 Å². The number of benzene rings is 2. The molecule has 0 spiro atoms. The summed E-state index contributed by atoms with van der Waals surface area (Å²) in [5.74, 6) is -1.04. The van der Waals surface area contributed by atoms with Gasteiger partial charge in [-0.2, -0.15) is 0 Å². The summed E-state index contributed by atoms with van der Waals surface area (Å²) in [5, 5.41) is 0. The van der Waals surface area contributed by atoms with Gasteiger partial charge in [0.1, 0.15) is 6.54 Å². The Morgan fingerprint density at radius 3 is 2.00 bits per heavy atom. The van der Waals surface area contributed by atoms with Crippen LogP contribution in [0.4, 0.5) is 0 Å². The highest BCUT2D eigenvalue weighted by molar-refractivity contribution is 6.08. The van der Waals surface area contributed by atoms with Gasteiger partial charge in [0.25, 0.3) is 0 Å². The molecule has 0 N–H and O–H groups in total. The molecular formula is C27H23NO5. The lowest BCUT2D eigenvalue weighted by atomic mass is 9.63. The Morgan fingerprint density at radius 2 is 1.39 bits per heavy atom. The molecule has 2 bridgehead atoms. The highest BCUT2D eigenvalue weighted by Crippen LogP contribution is 2.65. The van der Waals surface area contributed by atoms with Crippen molar-refractivity contribution >= 4 is 23.6 Å². The number of carbonyl (C=O) groups excluding carboxylic acids is 4. The van der Waals surface area contributed by atoms with Crippen molar-refractivity contribution in [2.24, 2.45) is 35.5 Å². The zero-order valence-electron chi connectivity index (χ0n) is 17.9. The number of hydrogen-bond donors (Lipinski definition) is 0. The fourth-order valence-electron chi connectivity index (χ4n) is 6.06. The number of rotatable bonds is 6. The summed E-state index contributed by atoms with van der Waals surface area (Å²) in [4.78, 5) is 51.8. The lowest BCUT2D eigenvalue weighted by Gasteiger charge is -2.37. The van der Waals surface area contributed by atoms with Gasteiger partial charge in [-0.3, -0.25) is 24.1 Å². The number of imide groups is 1. The number of amides is 2. The minimum atomic E-state index is -0.741. The predicted molar refractivity (Wildman–Crippen MR) is 119 cm³/mol. The molecule has 2 aromatic rings. The smallest absolute Gasteiger partial charge is 0.326 e. The summed E-state index contributed by atoms with van der Waals surface area (Å²) in [6.07, 6.45) is 5.27. The second-order valence-corrected chi connectivity index (χ2v) is 9.44. The third-order valence-electron chi connectivity index (χ3n) is 7.72. The molecule has 6 atom stereocenters. The van der Waals surface area contributed by atoms with Crippen LogP contribution in [-0.2, 0) is 19.1 Å². The molecule has 1 aliphatic heterocycles. The first-order valence-corrected chi connectivity index (χ1v) is 11.4. The normalized spacial score (nSPS) is 30.7. The maximum absolute atomic E-state index is 12.9. The molecule has 7 rings (SSSR count). The van der Waals surface area contributed by atoms with Gasteiger partial charge >= 0.3 is 5.97 Å². The summed E-state index contributed by atoms with van der Waals surface area (Å²) in [7, 11) is 0. The van der Waals surface area contributed by atoms with Crippen LogP contribution in [0.2, 0.25) is 0 Å². The van der Waals surface area contributed by atoms with E-state index in [1.165, 1.54) is 0 Å². The van der Waals surface area contributed by atoms with Crippen LogP contribution in [0.5, 0.6) is 0 Å². The van der Waals surface area contributed by atoms with E-state index in [-0.39, 0.29) is 41.3 Å². The van der Waals surface area contributed by atoms with E-state index < -0.39 is 19.1 Å². The quantitative estimate of drug-likeness (QED) is 0.298. The number of ketones is 1. The molecule has 33 heavy (non-hydrogen) atoms. The highest BCUT2D eigenvalue weighted by Gasteiger charge is 2.67. The summed E-state index contributed by atoms with van der Waals surface area (Å²) >= 11 is 0. The molecule has 1 saturated heterocycles. The van der Waals surface area contributed by atoms with Gasteiger partial charge in [0.15, 0.2) is 12.4 Å². The number of ether oxygens (including phenoxy) is 1. The number of likely N-dealkylation sites (tertiary alicyclic amines) is 1. The van der Waals surface area contributed by atoms with Crippen LogP contribution in [0, 0.1) is 35.5 Å². The molecular weight excluding hydrogens is 418 g/mol. The number of esters is 1. The molecule has 4 aliphatic carbocycles. The van der Waals surface area contributed by atoms with Crippen molar-refractivity contribution in [1.29, 1.82) is 0 Å². The first kappa shape index (κ1) is 20.1.